The molecular weight excluding hydrogens is 228 g/mol. The van der Waals surface area contributed by atoms with Crippen molar-refractivity contribution in [1.29, 1.82) is 0 Å². The Labute approximate surface area is 108 Å². The number of carbonyl (C=O) groups excluding carboxylic acids is 1. The monoisotopic (exact) mass is 248 g/mol. The van der Waals surface area contributed by atoms with E-state index in [0.717, 1.165) is 30.9 Å². The highest BCUT2D eigenvalue weighted by Crippen LogP contribution is 2.31. The molecule has 1 aliphatic rings. The van der Waals surface area contributed by atoms with Gasteiger partial charge in [0.2, 0.25) is 5.91 Å². The lowest BCUT2D eigenvalue weighted by molar-refractivity contribution is -0.118. The van der Waals surface area contributed by atoms with Crippen LogP contribution in [0, 0.1) is 0 Å². The first-order chi connectivity index (χ1) is 8.77. The number of ether oxygens (including phenoxy) is 1. The van der Waals surface area contributed by atoms with Gasteiger partial charge in [-0.05, 0) is 32.0 Å². The third-order valence-electron chi connectivity index (χ3n) is 3.11. The number of para-hydroxylation sites is 2. The summed E-state index contributed by atoms with van der Waals surface area (Å²) < 4.78 is 5.58. The van der Waals surface area contributed by atoms with Gasteiger partial charge in [0.25, 0.3) is 0 Å². The fraction of sp³-hybridized carbons (Fsp3) is 0.500. The number of hydrogen-bond acceptors (Lipinski definition) is 3. The van der Waals surface area contributed by atoms with Gasteiger partial charge >= 0.3 is 0 Å². The van der Waals surface area contributed by atoms with Gasteiger partial charge in [0, 0.05) is 6.54 Å². The van der Waals surface area contributed by atoms with Crippen molar-refractivity contribution in [1.82, 2.24) is 5.32 Å². The molecule has 1 saturated heterocycles. The van der Waals surface area contributed by atoms with E-state index in [1.807, 2.05) is 43.0 Å². The highest BCUT2D eigenvalue weighted by molar-refractivity contribution is 6.00. The number of hydrogen-bond donors (Lipinski definition) is 1. The van der Waals surface area contributed by atoms with Crippen LogP contribution in [0.1, 0.15) is 20.3 Å². The van der Waals surface area contributed by atoms with Gasteiger partial charge in [-0.1, -0.05) is 19.1 Å². The molecule has 1 heterocycles. The van der Waals surface area contributed by atoms with Gasteiger partial charge in [-0.15, -0.1) is 0 Å². The summed E-state index contributed by atoms with van der Waals surface area (Å²) in [6.45, 7) is 6.14. The van der Waals surface area contributed by atoms with E-state index in [4.69, 9.17) is 4.74 Å². The zero-order chi connectivity index (χ0) is 13.0. The molecule has 1 atom stereocenters. The number of benzene rings is 1. The molecule has 0 aromatic heterocycles. The normalized spacial score (nSPS) is 19.3. The van der Waals surface area contributed by atoms with E-state index in [1.54, 1.807) is 0 Å². The van der Waals surface area contributed by atoms with Gasteiger partial charge in [-0.25, -0.2) is 0 Å². The van der Waals surface area contributed by atoms with Crippen LogP contribution in [-0.2, 0) is 4.79 Å². The molecule has 1 aromatic rings. The minimum Gasteiger partial charge on any atom is -0.492 e. The first-order valence-corrected chi connectivity index (χ1v) is 6.54. The Morgan fingerprint density at radius 1 is 1.39 bits per heavy atom. The highest BCUT2D eigenvalue weighted by atomic mass is 16.5. The first kappa shape index (κ1) is 12.9. The van der Waals surface area contributed by atoms with Crippen molar-refractivity contribution >= 4 is 11.6 Å². The largest absolute Gasteiger partial charge is 0.492 e. The lowest BCUT2D eigenvalue weighted by Gasteiger charge is -2.20. The molecule has 1 aromatic carbocycles. The van der Waals surface area contributed by atoms with Gasteiger partial charge in [0.1, 0.15) is 5.75 Å². The Bertz CT molecular complexity index is 420. The zero-order valence-corrected chi connectivity index (χ0v) is 11.0. The first-order valence-electron chi connectivity index (χ1n) is 6.54. The summed E-state index contributed by atoms with van der Waals surface area (Å²) in [4.78, 5) is 14.1. The molecular formula is C14H20N2O2. The van der Waals surface area contributed by atoms with Gasteiger partial charge in [0.05, 0.1) is 18.3 Å². The summed E-state index contributed by atoms with van der Waals surface area (Å²) >= 11 is 0. The lowest BCUT2D eigenvalue weighted by atomic mass is 10.2. The second-order valence-electron chi connectivity index (χ2n) is 4.29. The van der Waals surface area contributed by atoms with Crippen molar-refractivity contribution in [2.75, 3.05) is 24.6 Å². The van der Waals surface area contributed by atoms with Crippen LogP contribution in [0.15, 0.2) is 24.3 Å². The summed E-state index contributed by atoms with van der Waals surface area (Å²) in [7, 11) is 0. The maximum absolute atomic E-state index is 12.3. The molecule has 1 fully saturated rings. The van der Waals surface area contributed by atoms with Crippen molar-refractivity contribution in [2.24, 2.45) is 0 Å². The smallest absolute Gasteiger partial charge is 0.244 e. The second kappa shape index (κ2) is 5.87. The van der Waals surface area contributed by atoms with Gasteiger partial charge in [-0.2, -0.15) is 0 Å². The van der Waals surface area contributed by atoms with Crippen LogP contribution < -0.4 is 15.0 Å². The second-order valence-corrected chi connectivity index (χ2v) is 4.29. The van der Waals surface area contributed by atoms with Crippen molar-refractivity contribution in [3.05, 3.63) is 24.3 Å². The minimum absolute atomic E-state index is 0.0512. The Morgan fingerprint density at radius 2 is 2.17 bits per heavy atom. The van der Waals surface area contributed by atoms with Crippen LogP contribution in [0.25, 0.3) is 0 Å². The Balaban J connectivity index is 2.19. The molecule has 0 saturated carbocycles. The van der Waals surface area contributed by atoms with E-state index >= 15 is 0 Å². The van der Waals surface area contributed by atoms with E-state index in [2.05, 4.69) is 5.32 Å². The predicted octanol–water partition coefficient (Wildman–Crippen LogP) is 1.80. The van der Waals surface area contributed by atoms with Gasteiger partial charge in [-0.3, -0.25) is 4.79 Å². The number of nitrogens with zero attached hydrogens (tertiary/aromatic N) is 1. The summed E-state index contributed by atoms with van der Waals surface area (Å²) in [5.41, 5.74) is 0.879. The molecule has 4 heteroatoms. The van der Waals surface area contributed by atoms with E-state index in [9.17, 15) is 4.79 Å². The number of likely N-dealkylation sites (N-methyl/N-ethyl adjacent to an activating group) is 1. The molecule has 0 bridgehead atoms. The summed E-state index contributed by atoms with van der Waals surface area (Å²) in [5.74, 6) is 0.925. The Kier molecular flexibility index (Phi) is 4.20. The summed E-state index contributed by atoms with van der Waals surface area (Å²) in [5, 5.41) is 3.21. The van der Waals surface area contributed by atoms with E-state index in [1.165, 1.54) is 0 Å². The lowest BCUT2D eigenvalue weighted by Crippen LogP contribution is -2.38. The number of anilines is 1. The van der Waals surface area contributed by atoms with Crippen LogP contribution in [-0.4, -0.2) is 31.6 Å². The number of nitrogens with one attached hydrogen (secondary N) is 1. The Hall–Kier alpha value is -1.55. The summed E-state index contributed by atoms with van der Waals surface area (Å²) in [6.07, 6.45) is 0.854. The minimum atomic E-state index is -0.0512. The van der Waals surface area contributed by atoms with Gasteiger partial charge in [0.15, 0.2) is 0 Å². The standard InChI is InChI=1S/C14H20N2O2/c1-3-15-11-9-10-16(14(11)17)12-7-5-6-8-13(12)18-4-2/h5-8,11,15H,3-4,9-10H2,1-2H3. The molecule has 1 N–H and O–H groups in total. The average molecular weight is 248 g/mol. The number of amides is 1. The zero-order valence-electron chi connectivity index (χ0n) is 11.0. The topological polar surface area (TPSA) is 41.6 Å². The molecule has 0 radical (unpaired) electrons. The van der Waals surface area contributed by atoms with Gasteiger partial charge < -0.3 is 15.0 Å². The van der Waals surface area contributed by atoms with Crippen molar-refractivity contribution in [3.63, 3.8) is 0 Å². The van der Waals surface area contributed by atoms with E-state index in [0.29, 0.717) is 6.61 Å². The van der Waals surface area contributed by atoms with Crippen molar-refractivity contribution < 1.29 is 9.53 Å². The third-order valence-corrected chi connectivity index (χ3v) is 3.11. The SMILES string of the molecule is CCNC1CCN(c2ccccc2OCC)C1=O. The molecule has 1 amide bonds. The van der Waals surface area contributed by atoms with Crippen LogP contribution in [0.2, 0.25) is 0 Å². The Morgan fingerprint density at radius 3 is 2.89 bits per heavy atom. The molecule has 18 heavy (non-hydrogen) atoms. The van der Waals surface area contributed by atoms with Crippen molar-refractivity contribution in [2.45, 2.75) is 26.3 Å². The molecule has 0 aliphatic carbocycles. The fourth-order valence-electron chi connectivity index (χ4n) is 2.31. The maximum atomic E-state index is 12.3. The number of carbonyl (C=O) groups is 1. The highest BCUT2D eigenvalue weighted by Gasteiger charge is 2.32. The fourth-order valence-corrected chi connectivity index (χ4v) is 2.31. The maximum Gasteiger partial charge on any atom is 0.244 e. The molecule has 1 unspecified atom stereocenters. The van der Waals surface area contributed by atoms with Crippen LogP contribution in [0.5, 0.6) is 5.75 Å². The molecule has 2 rings (SSSR count). The number of rotatable bonds is 5. The third kappa shape index (κ3) is 2.48. The molecule has 0 spiro atoms. The molecule has 4 nitrogen and oxygen atoms in total. The van der Waals surface area contributed by atoms with E-state index in [-0.39, 0.29) is 11.9 Å². The quantitative estimate of drug-likeness (QED) is 0.864. The molecule has 98 valence electrons. The predicted molar refractivity (Wildman–Crippen MR) is 72.0 cm³/mol. The van der Waals surface area contributed by atoms with Crippen LogP contribution in [0.4, 0.5) is 5.69 Å². The molecule has 1 aliphatic heterocycles. The van der Waals surface area contributed by atoms with Crippen LogP contribution in [0.3, 0.4) is 0 Å². The van der Waals surface area contributed by atoms with E-state index < -0.39 is 0 Å². The van der Waals surface area contributed by atoms with Crippen molar-refractivity contribution in [3.8, 4) is 5.75 Å². The average Bonchev–Trinajstić information content (AvgIpc) is 2.73. The van der Waals surface area contributed by atoms with Crippen LogP contribution >= 0.6 is 0 Å². The summed E-state index contributed by atoms with van der Waals surface area (Å²) in [6, 6.07) is 7.66.